The highest BCUT2D eigenvalue weighted by Gasteiger charge is 2.30. The van der Waals surface area contributed by atoms with E-state index >= 15 is 0 Å². The molecule has 2 amide bonds. The molecule has 5 heteroatoms. The van der Waals surface area contributed by atoms with Crippen LogP contribution in [0.4, 0.5) is 0 Å². The molecule has 1 N–H and O–H groups in total. The van der Waals surface area contributed by atoms with Crippen LogP contribution >= 0.6 is 11.6 Å². The largest absolute Gasteiger partial charge is 0.350 e. The van der Waals surface area contributed by atoms with Gasteiger partial charge in [0.2, 0.25) is 11.8 Å². The standard InChI is InChI=1S/C18H27ClN2O2/c1-6-15(17(23)20-18(3,4)5)21(16(22)7-2)12-13-10-8-9-11-14(13)19/h8-11,15H,6-7,12H2,1-5H3,(H,20,23). The van der Waals surface area contributed by atoms with Crippen LogP contribution in [-0.2, 0) is 16.1 Å². The van der Waals surface area contributed by atoms with E-state index in [0.717, 1.165) is 5.56 Å². The first-order chi connectivity index (χ1) is 10.7. The Morgan fingerprint density at radius 2 is 1.83 bits per heavy atom. The molecule has 1 rings (SSSR count). The summed E-state index contributed by atoms with van der Waals surface area (Å²) < 4.78 is 0. The second-order valence-corrected chi connectivity index (χ2v) is 7.04. The third-order valence-electron chi connectivity index (χ3n) is 3.49. The Hall–Kier alpha value is -1.55. The summed E-state index contributed by atoms with van der Waals surface area (Å²) in [6.45, 7) is 9.83. The highest BCUT2D eigenvalue weighted by molar-refractivity contribution is 6.31. The molecule has 0 aliphatic heterocycles. The smallest absolute Gasteiger partial charge is 0.243 e. The number of nitrogens with zero attached hydrogens (tertiary/aromatic N) is 1. The zero-order chi connectivity index (χ0) is 17.6. The third kappa shape index (κ3) is 5.87. The van der Waals surface area contributed by atoms with Crippen molar-refractivity contribution in [2.45, 2.75) is 65.6 Å². The fourth-order valence-electron chi connectivity index (χ4n) is 2.39. The van der Waals surface area contributed by atoms with Crippen molar-refractivity contribution in [1.29, 1.82) is 0 Å². The second-order valence-electron chi connectivity index (χ2n) is 6.63. The first-order valence-electron chi connectivity index (χ1n) is 8.04. The number of rotatable bonds is 6. The van der Waals surface area contributed by atoms with E-state index in [-0.39, 0.29) is 17.4 Å². The Morgan fingerprint density at radius 3 is 2.30 bits per heavy atom. The first-order valence-corrected chi connectivity index (χ1v) is 8.42. The van der Waals surface area contributed by atoms with Crippen molar-refractivity contribution in [2.24, 2.45) is 0 Å². The average Bonchev–Trinajstić information content (AvgIpc) is 2.46. The molecule has 1 aromatic rings. The molecule has 1 aromatic carbocycles. The lowest BCUT2D eigenvalue weighted by atomic mass is 10.1. The van der Waals surface area contributed by atoms with Gasteiger partial charge in [-0.2, -0.15) is 0 Å². The topological polar surface area (TPSA) is 49.4 Å². The minimum absolute atomic E-state index is 0.0548. The van der Waals surface area contributed by atoms with Crippen molar-refractivity contribution in [2.75, 3.05) is 0 Å². The lowest BCUT2D eigenvalue weighted by molar-refractivity contribution is -0.141. The Bertz CT molecular complexity index is 552. The molecule has 0 aliphatic rings. The molecular weight excluding hydrogens is 312 g/mol. The lowest BCUT2D eigenvalue weighted by Crippen LogP contribution is -2.53. The highest BCUT2D eigenvalue weighted by atomic mass is 35.5. The van der Waals surface area contributed by atoms with Crippen molar-refractivity contribution >= 4 is 23.4 Å². The maximum Gasteiger partial charge on any atom is 0.243 e. The molecule has 0 spiro atoms. The third-order valence-corrected chi connectivity index (χ3v) is 3.85. The molecule has 1 unspecified atom stereocenters. The molecule has 4 nitrogen and oxygen atoms in total. The molecular formula is C18H27ClN2O2. The summed E-state index contributed by atoms with van der Waals surface area (Å²) in [6, 6.07) is 6.90. The molecule has 0 aliphatic carbocycles. The molecule has 0 saturated carbocycles. The van der Waals surface area contributed by atoms with E-state index in [1.807, 2.05) is 45.9 Å². The van der Waals surface area contributed by atoms with Gasteiger partial charge in [0, 0.05) is 23.5 Å². The number of carbonyl (C=O) groups excluding carboxylic acids is 2. The van der Waals surface area contributed by atoms with Crippen LogP contribution in [0.25, 0.3) is 0 Å². The van der Waals surface area contributed by atoms with Crippen LogP contribution in [0, 0.1) is 0 Å². The minimum Gasteiger partial charge on any atom is -0.350 e. The van der Waals surface area contributed by atoms with Gasteiger partial charge in [0.1, 0.15) is 6.04 Å². The molecule has 0 radical (unpaired) electrons. The van der Waals surface area contributed by atoms with Gasteiger partial charge in [-0.15, -0.1) is 0 Å². The Balaban J connectivity index is 3.06. The van der Waals surface area contributed by atoms with Crippen LogP contribution in [0.2, 0.25) is 5.02 Å². The van der Waals surface area contributed by atoms with Gasteiger partial charge in [-0.3, -0.25) is 9.59 Å². The predicted molar refractivity (Wildman–Crippen MR) is 94.3 cm³/mol. The van der Waals surface area contributed by atoms with Crippen LogP contribution in [0.3, 0.4) is 0 Å². The van der Waals surface area contributed by atoms with Crippen LogP contribution in [0.1, 0.15) is 53.0 Å². The van der Waals surface area contributed by atoms with Crippen molar-refractivity contribution in [1.82, 2.24) is 10.2 Å². The van der Waals surface area contributed by atoms with E-state index in [1.165, 1.54) is 0 Å². The minimum atomic E-state index is -0.502. The zero-order valence-corrected chi connectivity index (χ0v) is 15.4. The monoisotopic (exact) mass is 338 g/mol. The number of benzene rings is 1. The lowest BCUT2D eigenvalue weighted by Gasteiger charge is -2.33. The summed E-state index contributed by atoms with van der Waals surface area (Å²) in [4.78, 5) is 26.6. The molecule has 0 bridgehead atoms. The van der Waals surface area contributed by atoms with E-state index < -0.39 is 6.04 Å². The summed E-state index contributed by atoms with van der Waals surface area (Å²) in [7, 11) is 0. The first kappa shape index (κ1) is 19.5. The summed E-state index contributed by atoms with van der Waals surface area (Å²) in [5.74, 6) is -0.185. The van der Waals surface area contributed by atoms with Gasteiger partial charge >= 0.3 is 0 Å². The van der Waals surface area contributed by atoms with Gasteiger partial charge in [-0.1, -0.05) is 43.6 Å². The van der Waals surface area contributed by atoms with Crippen molar-refractivity contribution < 1.29 is 9.59 Å². The second kappa shape index (κ2) is 8.34. The molecule has 23 heavy (non-hydrogen) atoms. The van der Waals surface area contributed by atoms with E-state index in [1.54, 1.807) is 17.9 Å². The van der Waals surface area contributed by atoms with E-state index in [4.69, 9.17) is 11.6 Å². The average molecular weight is 339 g/mol. The Kier molecular flexibility index (Phi) is 7.07. The fourth-order valence-corrected chi connectivity index (χ4v) is 2.58. The van der Waals surface area contributed by atoms with E-state index in [0.29, 0.717) is 24.4 Å². The van der Waals surface area contributed by atoms with Gasteiger partial charge in [0.05, 0.1) is 0 Å². The van der Waals surface area contributed by atoms with Gasteiger partial charge in [0.15, 0.2) is 0 Å². The van der Waals surface area contributed by atoms with Crippen LogP contribution < -0.4 is 5.32 Å². The van der Waals surface area contributed by atoms with Crippen LogP contribution in [0.5, 0.6) is 0 Å². The van der Waals surface area contributed by atoms with E-state index in [9.17, 15) is 9.59 Å². The SMILES string of the molecule is CCC(=O)N(Cc1ccccc1Cl)C(CC)C(=O)NC(C)(C)C. The molecule has 0 saturated heterocycles. The summed E-state index contributed by atoms with van der Waals surface area (Å²) >= 11 is 6.21. The number of halogens is 1. The predicted octanol–water partition coefficient (Wildman–Crippen LogP) is 3.77. The molecule has 0 fully saturated rings. The number of carbonyl (C=O) groups is 2. The zero-order valence-electron chi connectivity index (χ0n) is 14.6. The summed E-state index contributed by atoms with van der Waals surface area (Å²) in [5, 5.41) is 3.57. The Morgan fingerprint density at radius 1 is 1.22 bits per heavy atom. The van der Waals surface area contributed by atoms with Gasteiger partial charge < -0.3 is 10.2 Å². The van der Waals surface area contributed by atoms with Crippen molar-refractivity contribution in [3.8, 4) is 0 Å². The summed E-state index contributed by atoms with van der Waals surface area (Å²) in [5.41, 5.74) is 0.508. The van der Waals surface area contributed by atoms with Gasteiger partial charge in [0.25, 0.3) is 0 Å². The Labute approximate surface area is 144 Å². The molecule has 1 atom stereocenters. The van der Waals surface area contributed by atoms with Gasteiger partial charge in [-0.25, -0.2) is 0 Å². The van der Waals surface area contributed by atoms with E-state index in [2.05, 4.69) is 5.32 Å². The van der Waals surface area contributed by atoms with Crippen LogP contribution in [0.15, 0.2) is 24.3 Å². The van der Waals surface area contributed by atoms with Crippen molar-refractivity contribution in [3.05, 3.63) is 34.9 Å². The number of amides is 2. The number of hydrogen-bond acceptors (Lipinski definition) is 2. The number of nitrogens with one attached hydrogen (secondary N) is 1. The number of hydrogen-bond donors (Lipinski definition) is 1. The fraction of sp³-hybridized carbons (Fsp3) is 0.556. The molecule has 0 heterocycles. The van der Waals surface area contributed by atoms with Gasteiger partial charge in [-0.05, 0) is 38.8 Å². The normalized spacial score (nSPS) is 12.6. The molecule has 0 aromatic heterocycles. The highest BCUT2D eigenvalue weighted by Crippen LogP contribution is 2.20. The molecule has 128 valence electrons. The van der Waals surface area contributed by atoms with Crippen LogP contribution in [-0.4, -0.2) is 28.3 Å². The summed E-state index contributed by atoms with van der Waals surface area (Å²) in [6.07, 6.45) is 0.905. The quantitative estimate of drug-likeness (QED) is 0.858. The van der Waals surface area contributed by atoms with Crippen molar-refractivity contribution in [3.63, 3.8) is 0 Å². The maximum absolute atomic E-state index is 12.6. The maximum atomic E-state index is 12.6.